The number of ether oxygens (including phenoxy) is 1. The number of carbonyl (C=O) groups is 1. The highest BCUT2D eigenvalue weighted by atomic mass is 16.5. The Morgan fingerprint density at radius 3 is 2.69 bits per heavy atom. The summed E-state index contributed by atoms with van der Waals surface area (Å²) in [6.07, 6.45) is 0.530. The molecule has 0 fully saturated rings. The first-order valence-electron chi connectivity index (χ1n) is 4.80. The predicted octanol–water partition coefficient (Wildman–Crippen LogP) is 1.12. The van der Waals surface area contributed by atoms with Crippen molar-refractivity contribution in [2.24, 2.45) is 0 Å². The molecule has 4 heteroatoms. The molecule has 2 N–H and O–H groups in total. The van der Waals surface area contributed by atoms with E-state index >= 15 is 0 Å². The minimum absolute atomic E-state index is 0.327. The first kappa shape index (κ1) is 12.2. The van der Waals surface area contributed by atoms with Gasteiger partial charge >= 0.3 is 6.09 Å². The van der Waals surface area contributed by atoms with Crippen molar-refractivity contribution >= 4 is 6.09 Å². The predicted molar refractivity (Wildman–Crippen MR) is 52.8 cm³/mol. The van der Waals surface area contributed by atoms with E-state index in [0.29, 0.717) is 19.2 Å². The van der Waals surface area contributed by atoms with E-state index < -0.39 is 0 Å². The number of nitrogens with one attached hydrogen (secondary N) is 2. The van der Waals surface area contributed by atoms with Crippen LogP contribution in [-0.4, -0.2) is 31.8 Å². The molecule has 0 radical (unpaired) electrons. The minimum Gasteiger partial charge on any atom is -0.450 e. The first-order valence-corrected chi connectivity index (χ1v) is 4.80. The zero-order valence-electron chi connectivity index (χ0n) is 8.72. The lowest BCUT2D eigenvalue weighted by molar-refractivity contribution is 0.145. The molecule has 0 aromatic heterocycles. The SMILES string of the molecule is CCNC(=O)OCCCNC(C)C. The molecule has 13 heavy (non-hydrogen) atoms. The van der Waals surface area contributed by atoms with Crippen molar-refractivity contribution in [3.8, 4) is 0 Å². The summed E-state index contributed by atoms with van der Waals surface area (Å²) in [5.41, 5.74) is 0. The van der Waals surface area contributed by atoms with Gasteiger partial charge in [0.2, 0.25) is 0 Å². The molecule has 0 saturated carbocycles. The van der Waals surface area contributed by atoms with Crippen molar-refractivity contribution in [3.05, 3.63) is 0 Å². The van der Waals surface area contributed by atoms with Crippen LogP contribution >= 0.6 is 0 Å². The highest BCUT2D eigenvalue weighted by Gasteiger charge is 1.98. The highest BCUT2D eigenvalue weighted by molar-refractivity contribution is 5.66. The molecule has 0 aliphatic heterocycles. The van der Waals surface area contributed by atoms with Crippen LogP contribution in [0.4, 0.5) is 4.79 Å². The van der Waals surface area contributed by atoms with E-state index in [1.54, 1.807) is 0 Å². The molecule has 0 bridgehead atoms. The van der Waals surface area contributed by atoms with E-state index in [9.17, 15) is 4.79 Å². The zero-order valence-corrected chi connectivity index (χ0v) is 8.72. The molecule has 78 valence electrons. The van der Waals surface area contributed by atoms with Gasteiger partial charge in [-0.15, -0.1) is 0 Å². The van der Waals surface area contributed by atoms with Crippen LogP contribution < -0.4 is 10.6 Å². The van der Waals surface area contributed by atoms with Gasteiger partial charge in [-0.25, -0.2) is 4.79 Å². The highest BCUT2D eigenvalue weighted by Crippen LogP contribution is 1.84. The topological polar surface area (TPSA) is 50.4 Å². The van der Waals surface area contributed by atoms with E-state index in [-0.39, 0.29) is 6.09 Å². The van der Waals surface area contributed by atoms with Gasteiger partial charge in [-0.3, -0.25) is 0 Å². The number of hydrogen-bond donors (Lipinski definition) is 2. The fourth-order valence-electron chi connectivity index (χ4n) is 0.823. The third-order valence-electron chi connectivity index (χ3n) is 1.43. The van der Waals surface area contributed by atoms with Crippen LogP contribution in [0.2, 0.25) is 0 Å². The average molecular weight is 188 g/mol. The van der Waals surface area contributed by atoms with Crippen LogP contribution in [-0.2, 0) is 4.74 Å². The summed E-state index contributed by atoms with van der Waals surface area (Å²) in [5, 5.41) is 5.80. The average Bonchev–Trinajstić information content (AvgIpc) is 2.03. The fraction of sp³-hybridized carbons (Fsp3) is 0.889. The Kier molecular flexibility index (Phi) is 7.39. The van der Waals surface area contributed by atoms with Gasteiger partial charge < -0.3 is 15.4 Å². The minimum atomic E-state index is -0.327. The molecule has 0 unspecified atom stereocenters. The van der Waals surface area contributed by atoms with E-state index in [1.807, 2.05) is 6.92 Å². The van der Waals surface area contributed by atoms with E-state index in [1.165, 1.54) is 0 Å². The number of hydrogen-bond acceptors (Lipinski definition) is 3. The molecule has 1 amide bonds. The summed E-state index contributed by atoms with van der Waals surface area (Å²) in [6, 6.07) is 0.490. The lowest BCUT2D eigenvalue weighted by atomic mass is 10.3. The Morgan fingerprint density at radius 2 is 2.15 bits per heavy atom. The Bertz CT molecular complexity index is 138. The summed E-state index contributed by atoms with van der Waals surface area (Å²) in [7, 11) is 0. The Balaban J connectivity index is 3.11. The third kappa shape index (κ3) is 9.14. The van der Waals surface area contributed by atoms with Crippen molar-refractivity contribution in [1.29, 1.82) is 0 Å². The maximum atomic E-state index is 10.8. The van der Waals surface area contributed by atoms with Gasteiger partial charge in [0.1, 0.15) is 0 Å². The summed E-state index contributed by atoms with van der Waals surface area (Å²) in [4.78, 5) is 10.8. The van der Waals surface area contributed by atoms with E-state index in [4.69, 9.17) is 4.74 Å². The second-order valence-corrected chi connectivity index (χ2v) is 3.13. The summed E-state index contributed by atoms with van der Waals surface area (Å²) in [6.45, 7) is 8.02. The summed E-state index contributed by atoms with van der Waals surface area (Å²) >= 11 is 0. The standard InChI is InChI=1S/C9H20N2O2/c1-4-10-9(12)13-7-5-6-11-8(2)3/h8,11H,4-7H2,1-3H3,(H,10,12). The molecular formula is C9H20N2O2. The lowest BCUT2D eigenvalue weighted by Gasteiger charge is -2.08. The van der Waals surface area contributed by atoms with Crippen molar-refractivity contribution < 1.29 is 9.53 Å². The van der Waals surface area contributed by atoms with Gasteiger partial charge in [-0.05, 0) is 19.9 Å². The maximum Gasteiger partial charge on any atom is 0.407 e. The van der Waals surface area contributed by atoms with Crippen molar-refractivity contribution in [3.63, 3.8) is 0 Å². The van der Waals surface area contributed by atoms with Gasteiger partial charge in [0.15, 0.2) is 0 Å². The molecule has 0 aliphatic rings. The van der Waals surface area contributed by atoms with Crippen LogP contribution in [0.5, 0.6) is 0 Å². The van der Waals surface area contributed by atoms with E-state index in [0.717, 1.165) is 13.0 Å². The number of amides is 1. The molecule has 0 heterocycles. The Labute approximate surface area is 80.0 Å². The van der Waals surface area contributed by atoms with Crippen LogP contribution in [0.25, 0.3) is 0 Å². The number of rotatable bonds is 6. The summed E-state index contributed by atoms with van der Waals surface area (Å²) < 4.78 is 4.87. The molecule has 0 rings (SSSR count). The van der Waals surface area contributed by atoms with Crippen molar-refractivity contribution in [2.75, 3.05) is 19.7 Å². The molecule has 0 spiro atoms. The fourth-order valence-corrected chi connectivity index (χ4v) is 0.823. The molecule has 0 aromatic rings. The molecule has 0 saturated heterocycles. The maximum absolute atomic E-state index is 10.8. The van der Waals surface area contributed by atoms with Crippen LogP contribution in [0.3, 0.4) is 0 Å². The van der Waals surface area contributed by atoms with Crippen molar-refractivity contribution in [2.45, 2.75) is 33.2 Å². The largest absolute Gasteiger partial charge is 0.450 e. The molecule has 0 aliphatic carbocycles. The lowest BCUT2D eigenvalue weighted by Crippen LogP contribution is -2.27. The quantitative estimate of drug-likeness (QED) is 0.614. The van der Waals surface area contributed by atoms with E-state index in [2.05, 4.69) is 24.5 Å². The van der Waals surface area contributed by atoms with Crippen molar-refractivity contribution in [1.82, 2.24) is 10.6 Å². The molecule has 4 nitrogen and oxygen atoms in total. The molecule has 0 atom stereocenters. The number of alkyl carbamates (subject to hydrolysis) is 1. The van der Waals surface area contributed by atoms with Gasteiger partial charge in [-0.2, -0.15) is 0 Å². The van der Waals surface area contributed by atoms with Gasteiger partial charge in [0.05, 0.1) is 6.61 Å². The van der Waals surface area contributed by atoms with Crippen LogP contribution in [0.15, 0.2) is 0 Å². The Morgan fingerprint density at radius 1 is 1.46 bits per heavy atom. The first-order chi connectivity index (χ1) is 6.16. The monoisotopic (exact) mass is 188 g/mol. The third-order valence-corrected chi connectivity index (χ3v) is 1.43. The molecule has 0 aromatic carbocycles. The zero-order chi connectivity index (χ0) is 10.1. The molecular weight excluding hydrogens is 168 g/mol. The van der Waals surface area contributed by atoms with Crippen LogP contribution in [0, 0.1) is 0 Å². The second kappa shape index (κ2) is 7.86. The van der Waals surface area contributed by atoms with Crippen LogP contribution in [0.1, 0.15) is 27.2 Å². The number of carbonyl (C=O) groups excluding carboxylic acids is 1. The second-order valence-electron chi connectivity index (χ2n) is 3.13. The van der Waals surface area contributed by atoms with Gasteiger partial charge in [0.25, 0.3) is 0 Å². The Hall–Kier alpha value is -0.770. The van der Waals surface area contributed by atoms with Gasteiger partial charge in [-0.1, -0.05) is 13.8 Å². The van der Waals surface area contributed by atoms with Gasteiger partial charge in [0, 0.05) is 12.6 Å². The smallest absolute Gasteiger partial charge is 0.407 e. The normalized spacial score (nSPS) is 10.2. The summed E-state index contributed by atoms with van der Waals surface area (Å²) in [5.74, 6) is 0.